The molecule has 2 aromatic rings. The first kappa shape index (κ1) is 12.2. The van der Waals surface area contributed by atoms with Crippen molar-refractivity contribution in [3.05, 3.63) is 47.7 Å². The standard InChI is InChI=1S/C14H17N3O/c1-10-5-12(15)8-13(6-10)17-9-11-3-4-16-14(7-11)18-2/h3-8,17H,9,15H2,1-2H3. The fraction of sp³-hybridized carbons (Fsp3) is 0.214. The molecule has 0 atom stereocenters. The lowest BCUT2D eigenvalue weighted by Crippen LogP contribution is -2.01. The van der Waals surface area contributed by atoms with Crippen LogP contribution in [0.25, 0.3) is 0 Å². The van der Waals surface area contributed by atoms with E-state index in [-0.39, 0.29) is 0 Å². The molecule has 0 spiro atoms. The molecule has 0 saturated heterocycles. The van der Waals surface area contributed by atoms with Gasteiger partial charge in [0.1, 0.15) is 0 Å². The zero-order valence-electron chi connectivity index (χ0n) is 10.6. The Bertz CT molecular complexity index is 520. The third kappa shape index (κ3) is 3.13. The predicted molar refractivity (Wildman–Crippen MR) is 73.7 cm³/mol. The summed E-state index contributed by atoms with van der Waals surface area (Å²) in [5, 5.41) is 3.33. The molecule has 0 aliphatic rings. The third-order valence-corrected chi connectivity index (χ3v) is 2.60. The molecule has 18 heavy (non-hydrogen) atoms. The van der Waals surface area contributed by atoms with Crippen molar-refractivity contribution in [3.63, 3.8) is 0 Å². The van der Waals surface area contributed by atoms with E-state index in [0.717, 1.165) is 22.5 Å². The zero-order chi connectivity index (χ0) is 13.0. The van der Waals surface area contributed by atoms with E-state index >= 15 is 0 Å². The van der Waals surface area contributed by atoms with Gasteiger partial charge in [0.15, 0.2) is 0 Å². The van der Waals surface area contributed by atoms with Crippen LogP contribution >= 0.6 is 0 Å². The summed E-state index contributed by atoms with van der Waals surface area (Å²) in [6.45, 7) is 2.73. The molecular weight excluding hydrogens is 226 g/mol. The Hall–Kier alpha value is -2.23. The average molecular weight is 243 g/mol. The van der Waals surface area contributed by atoms with Crippen LogP contribution < -0.4 is 15.8 Å². The summed E-state index contributed by atoms with van der Waals surface area (Å²) in [7, 11) is 1.61. The van der Waals surface area contributed by atoms with Crippen molar-refractivity contribution < 1.29 is 4.74 Å². The second kappa shape index (κ2) is 5.40. The van der Waals surface area contributed by atoms with Crippen LogP contribution in [0.1, 0.15) is 11.1 Å². The number of rotatable bonds is 4. The molecular formula is C14H17N3O. The number of benzene rings is 1. The molecule has 94 valence electrons. The predicted octanol–water partition coefficient (Wildman–Crippen LogP) is 2.59. The fourth-order valence-corrected chi connectivity index (χ4v) is 1.79. The number of hydrogen-bond donors (Lipinski definition) is 2. The van der Waals surface area contributed by atoms with Crippen LogP contribution in [-0.2, 0) is 6.54 Å². The van der Waals surface area contributed by atoms with Crippen LogP contribution in [0.4, 0.5) is 11.4 Å². The third-order valence-electron chi connectivity index (χ3n) is 2.60. The molecule has 1 heterocycles. The molecule has 0 aliphatic carbocycles. The van der Waals surface area contributed by atoms with Gasteiger partial charge in [-0.15, -0.1) is 0 Å². The minimum Gasteiger partial charge on any atom is -0.481 e. The van der Waals surface area contributed by atoms with Crippen molar-refractivity contribution in [1.82, 2.24) is 4.98 Å². The number of methoxy groups -OCH3 is 1. The highest BCUT2D eigenvalue weighted by Crippen LogP contribution is 2.17. The van der Waals surface area contributed by atoms with E-state index in [9.17, 15) is 0 Å². The summed E-state index contributed by atoms with van der Waals surface area (Å²) in [4.78, 5) is 4.07. The molecule has 1 aromatic carbocycles. The molecule has 1 aromatic heterocycles. The Balaban J connectivity index is 2.06. The maximum Gasteiger partial charge on any atom is 0.213 e. The highest BCUT2D eigenvalue weighted by Gasteiger charge is 1.99. The normalized spacial score (nSPS) is 10.1. The fourth-order valence-electron chi connectivity index (χ4n) is 1.79. The topological polar surface area (TPSA) is 60.2 Å². The van der Waals surface area contributed by atoms with E-state index in [0.29, 0.717) is 12.4 Å². The minimum absolute atomic E-state index is 0.623. The summed E-state index contributed by atoms with van der Waals surface area (Å²) in [6.07, 6.45) is 1.74. The summed E-state index contributed by atoms with van der Waals surface area (Å²) in [5.41, 5.74) is 9.85. The summed E-state index contributed by atoms with van der Waals surface area (Å²) < 4.78 is 5.09. The molecule has 0 aliphatic heterocycles. The van der Waals surface area contributed by atoms with Crippen LogP contribution in [0, 0.1) is 6.92 Å². The molecule has 3 N–H and O–H groups in total. The molecule has 0 bridgehead atoms. The van der Waals surface area contributed by atoms with E-state index in [2.05, 4.69) is 16.4 Å². The lowest BCUT2D eigenvalue weighted by molar-refractivity contribution is 0.397. The number of nitrogen functional groups attached to an aromatic ring is 1. The van der Waals surface area contributed by atoms with Crippen LogP contribution in [0.2, 0.25) is 0 Å². The van der Waals surface area contributed by atoms with Crippen LogP contribution in [0.3, 0.4) is 0 Å². The van der Waals surface area contributed by atoms with E-state index < -0.39 is 0 Å². The van der Waals surface area contributed by atoms with Crippen LogP contribution in [0.15, 0.2) is 36.5 Å². The van der Waals surface area contributed by atoms with E-state index in [1.807, 2.05) is 31.2 Å². The Morgan fingerprint density at radius 2 is 2.11 bits per heavy atom. The summed E-state index contributed by atoms with van der Waals surface area (Å²) >= 11 is 0. The second-order valence-electron chi connectivity index (χ2n) is 4.19. The van der Waals surface area contributed by atoms with Gasteiger partial charge in [-0.1, -0.05) is 0 Å². The monoisotopic (exact) mass is 243 g/mol. The van der Waals surface area contributed by atoms with Gasteiger partial charge in [0.25, 0.3) is 0 Å². The number of hydrogen-bond acceptors (Lipinski definition) is 4. The molecule has 0 radical (unpaired) electrons. The molecule has 4 nitrogen and oxygen atoms in total. The minimum atomic E-state index is 0.623. The maximum absolute atomic E-state index is 5.80. The van der Waals surface area contributed by atoms with E-state index in [1.54, 1.807) is 13.3 Å². The number of nitrogens with one attached hydrogen (secondary N) is 1. The van der Waals surface area contributed by atoms with Crippen molar-refractivity contribution in [1.29, 1.82) is 0 Å². The molecule has 0 unspecified atom stereocenters. The van der Waals surface area contributed by atoms with Crippen molar-refractivity contribution in [3.8, 4) is 5.88 Å². The first-order valence-corrected chi connectivity index (χ1v) is 5.77. The Morgan fingerprint density at radius 3 is 2.83 bits per heavy atom. The Kier molecular flexibility index (Phi) is 3.67. The highest BCUT2D eigenvalue weighted by molar-refractivity contribution is 5.56. The van der Waals surface area contributed by atoms with Crippen molar-refractivity contribution in [2.24, 2.45) is 0 Å². The number of aryl methyl sites for hydroxylation is 1. The average Bonchev–Trinajstić information content (AvgIpc) is 2.35. The van der Waals surface area contributed by atoms with Crippen molar-refractivity contribution in [2.75, 3.05) is 18.2 Å². The van der Waals surface area contributed by atoms with Gasteiger partial charge >= 0.3 is 0 Å². The van der Waals surface area contributed by atoms with Crippen molar-refractivity contribution >= 4 is 11.4 Å². The van der Waals surface area contributed by atoms with Gasteiger partial charge in [-0.25, -0.2) is 4.98 Å². The first-order chi connectivity index (χ1) is 8.67. The van der Waals surface area contributed by atoms with Gasteiger partial charge in [0, 0.05) is 30.2 Å². The van der Waals surface area contributed by atoms with Gasteiger partial charge < -0.3 is 15.8 Å². The largest absolute Gasteiger partial charge is 0.481 e. The Morgan fingerprint density at radius 1 is 1.28 bits per heavy atom. The van der Waals surface area contributed by atoms with Crippen LogP contribution in [-0.4, -0.2) is 12.1 Å². The second-order valence-corrected chi connectivity index (χ2v) is 4.19. The molecule has 0 fully saturated rings. The lowest BCUT2D eigenvalue weighted by atomic mass is 10.2. The molecule has 0 saturated carbocycles. The van der Waals surface area contributed by atoms with Crippen molar-refractivity contribution in [2.45, 2.75) is 13.5 Å². The molecule has 4 heteroatoms. The number of ether oxygens (including phenoxy) is 1. The number of anilines is 2. The first-order valence-electron chi connectivity index (χ1n) is 5.77. The number of aromatic nitrogens is 1. The summed E-state index contributed by atoms with van der Waals surface area (Å²) in [6, 6.07) is 9.79. The summed E-state index contributed by atoms with van der Waals surface area (Å²) in [5.74, 6) is 0.623. The van der Waals surface area contributed by atoms with Gasteiger partial charge in [0.05, 0.1) is 7.11 Å². The zero-order valence-corrected chi connectivity index (χ0v) is 10.6. The van der Waals surface area contributed by atoms with E-state index in [1.165, 1.54) is 0 Å². The number of nitrogens with two attached hydrogens (primary N) is 1. The maximum atomic E-state index is 5.80. The number of nitrogens with zero attached hydrogens (tertiary/aromatic N) is 1. The van der Waals surface area contributed by atoms with Gasteiger partial charge in [0.2, 0.25) is 5.88 Å². The van der Waals surface area contributed by atoms with Gasteiger partial charge in [-0.3, -0.25) is 0 Å². The van der Waals surface area contributed by atoms with E-state index in [4.69, 9.17) is 10.5 Å². The number of pyridine rings is 1. The highest BCUT2D eigenvalue weighted by atomic mass is 16.5. The van der Waals surface area contributed by atoms with Gasteiger partial charge in [-0.2, -0.15) is 0 Å². The van der Waals surface area contributed by atoms with Crippen LogP contribution in [0.5, 0.6) is 5.88 Å². The molecule has 2 rings (SSSR count). The quantitative estimate of drug-likeness (QED) is 0.810. The molecule has 0 amide bonds. The van der Waals surface area contributed by atoms with Gasteiger partial charge in [-0.05, 0) is 42.3 Å². The smallest absolute Gasteiger partial charge is 0.213 e. The SMILES string of the molecule is COc1cc(CNc2cc(C)cc(N)c2)ccn1. The Labute approximate surface area is 107 Å². The lowest BCUT2D eigenvalue weighted by Gasteiger charge is -2.09.